The SMILES string of the molecule is CCCCN(CCCC)CCCN1C(=O)C(=O)C(=C(O)c2ccc(C)cc2)[C@@H]1c1cccc([N+](=O)[O-])c1. The molecule has 0 spiro atoms. The predicted octanol–water partition coefficient (Wildman–Crippen LogP) is 5.62. The van der Waals surface area contributed by atoms with Crippen LogP contribution in [-0.4, -0.2) is 57.7 Å². The molecule has 1 fully saturated rings. The minimum absolute atomic E-state index is 0.0387. The van der Waals surface area contributed by atoms with Gasteiger partial charge >= 0.3 is 0 Å². The molecule has 0 saturated carbocycles. The number of aryl methyl sites for hydroxylation is 1. The smallest absolute Gasteiger partial charge is 0.295 e. The first kappa shape index (κ1) is 28.1. The van der Waals surface area contributed by atoms with Crippen LogP contribution in [0.1, 0.15) is 68.7 Å². The lowest BCUT2D eigenvalue weighted by Gasteiger charge is -2.27. The zero-order valence-corrected chi connectivity index (χ0v) is 22.0. The molecular weight excluding hydrogens is 470 g/mol. The Morgan fingerprint density at radius 1 is 1.00 bits per heavy atom. The number of amides is 1. The molecule has 0 unspecified atom stereocenters. The summed E-state index contributed by atoms with van der Waals surface area (Å²) >= 11 is 0. The fourth-order valence-electron chi connectivity index (χ4n) is 4.70. The van der Waals surface area contributed by atoms with Crippen LogP contribution in [0.3, 0.4) is 0 Å². The summed E-state index contributed by atoms with van der Waals surface area (Å²) in [6, 6.07) is 12.1. The minimum atomic E-state index is -0.902. The number of aliphatic hydroxyl groups is 1. The van der Waals surface area contributed by atoms with E-state index in [9.17, 15) is 24.8 Å². The molecule has 0 aliphatic carbocycles. The van der Waals surface area contributed by atoms with Crippen LogP contribution in [0, 0.1) is 17.0 Å². The second-order valence-electron chi connectivity index (χ2n) is 9.61. The van der Waals surface area contributed by atoms with Crippen molar-refractivity contribution in [3.63, 3.8) is 0 Å². The van der Waals surface area contributed by atoms with Gasteiger partial charge < -0.3 is 14.9 Å². The average molecular weight is 508 g/mol. The van der Waals surface area contributed by atoms with Gasteiger partial charge in [-0.25, -0.2) is 0 Å². The summed E-state index contributed by atoms with van der Waals surface area (Å²) in [6.45, 7) is 9.28. The lowest BCUT2D eigenvalue weighted by Crippen LogP contribution is -2.34. The van der Waals surface area contributed by atoms with Crippen molar-refractivity contribution < 1.29 is 19.6 Å². The number of carbonyl (C=O) groups is 2. The van der Waals surface area contributed by atoms with Gasteiger partial charge in [0.15, 0.2) is 0 Å². The highest BCUT2D eigenvalue weighted by Crippen LogP contribution is 2.40. The number of unbranched alkanes of at least 4 members (excludes halogenated alkanes) is 2. The third kappa shape index (κ3) is 6.83. The van der Waals surface area contributed by atoms with Gasteiger partial charge in [-0.05, 0) is 51.4 Å². The van der Waals surface area contributed by atoms with E-state index in [1.165, 1.54) is 23.1 Å². The average Bonchev–Trinajstić information content (AvgIpc) is 3.15. The van der Waals surface area contributed by atoms with E-state index in [0.29, 0.717) is 24.1 Å². The number of benzene rings is 2. The number of hydrogen-bond acceptors (Lipinski definition) is 6. The second kappa shape index (κ2) is 13.1. The van der Waals surface area contributed by atoms with Gasteiger partial charge in [0.2, 0.25) is 0 Å². The molecule has 0 aromatic heterocycles. The molecule has 0 radical (unpaired) electrons. The Morgan fingerprint density at radius 3 is 2.22 bits per heavy atom. The molecular formula is C29H37N3O5. The van der Waals surface area contributed by atoms with Crippen molar-refractivity contribution in [3.05, 3.63) is 80.9 Å². The number of nitro groups is 1. The molecule has 1 aliphatic rings. The lowest BCUT2D eigenvalue weighted by molar-refractivity contribution is -0.384. The Bertz CT molecular complexity index is 1130. The van der Waals surface area contributed by atoms with Gasteiger partial charge in [-0.1, -0.05) is 68.7 Å². The van der Waals surface area contributed by atoms with E-state index in [1.54, 1.807) is 18.2 Å². The molecule has 2 aromatic carbocycles. The fraction of sp³-hybridized carbons (Fsp3) is 0.448. The zero-order chi connectivity index (χ0) is 26.9. The van der Waals surface area contributed by atoms with Gasteiger partial charge in [-0.2, -0.15) is 0 Å². The van der Waals surface area contributed by atoms with Crippen molar-refractivity contribution in [2.75, 3.05) is 26.2 Å². The van der Waals surface area contributed by atoms with E-state index in [2.05, 4.69) is 18.7 Å². The lowest BCUT2D eigenvalue weighted by atomic mass is 9.94. The predicted molar refractivity (Wildman–Crippen MR) is 144 cm³/mol. The standard InChI is InChI=1S/C29H37N3O5/c1-4-6-16-30(17-7-5-2)18-9-19-31-26(23-10-8-11-24(20-23)32(36)37)25(28(34)29(31)35)27(33)22-14-12-21(3)13-15-22/h8,10-15,20,26,33H,4-7,9,16-19H2,1-3H3/t26-/m0/s1. The number of nitrogens with zero attached hydrogens (tertiary/aromatic N) is 3. The normalized spacial score (nSPS) is 17.1. The summed E-state index contributed by atoms with van der Waals surface area (Å²) in [5.41, 5.74) is 1.66. The number of nitro benzene ring substituents is 1. The van der Waals surface area contributed by atoms with Crippen molar-refractivity contribution in [1.29, 1.82) is 0 Å². The molecule has 1 amide bonds. The van der Waals surface area contributed by atoms with E-state index in [-0.39, 0.29) is 17.0 Å². The number of carbonyl (C=O) groups excluding carboxylic acids is 2. The first-order valence-electron chi connectivity index (χ1n) is 13.1. The van der Waals surface area contributed by atoms with E-state index < -0.39 is 22.7 Å². The van der Waals surface area contributed by atoms with Crippen LogP contribution in [-0.2, 0) is 9.59 Å². The maximum atomic E-state index is 13.2. The molecule has 1 saturated heterocycles. The molecule has 3 rings (SSSR count). The highest BCUT2D eigenvalue weighted by molar-refractivity contribution is 6.46. The van der Waals surface area contributed by atoms with Crippen molar-refractivity contribution in [3.8, 4) is 0 Å². The molecule has 1 atom stereocenters. The van der Waals surface area contributed by atoms with E-state index in [4.69, 9.17) is 0 Å². The number of Topliss-reactive ketones (excluding diaryl/α,β-unsaturated/α-hetero) is 1. The summed E-state index contributed by atoms with van der Waals surface area (Å²) in [6.07, 6.45) is 5.04. The maximum Gasteiger partial charge on any atom is 0.295 e. The summed E-state index contributed by atoms with van der Waals surface area (Å²) in [5.74, 6) is -1.74. The van der Waals surface area contributed by atoms with Crippen LogP contribution in [0.5, 0.6) is 0 Å². The summed E-state index contributed by atoms with van der Waals surface area (Å²) in [4.78, 5) is 41.2. The number of aliphatic hydroxyl groups excluding tert-OH is 1. The maximum absolute atomic E-state index is 13.2. The van der Waals surface area contributed by atoms with Crippen molar-refractivity contribution in [2.45, 2.75) is 58.9 Å². The molecule has 8 heteroatoms. The Labute approximate surface area is 218 Å². The summed E-state index contributed by atoms with van der Waals surface area (Å²) in [5, 5.41) is 22.6. The van der Waals surface area contributed by atoms with Crippen molar-refractivity contribution >= 4 is 23.1 Å². The highest BCUT2D eigenvalue weighted by atomic mass is 16.6. The molecule has 1 aliphatic heterocycles. The molecule has 1 N–H and O–H groups in total. The van der Waals surface area contributed by atoms with Crippen molar-refractivity contribution in [1.82, 2.24) is 9.80 Å². The molecule has 198 valence electrons. The zero-order valence-electron chi connectivity index (χ0n) is 22.0. The summed E-state index contributed by atoms with van der Waals surface area (Å²) in [7, 11) is 0. The first-order chi connectivity index (χ1) is 17.8. The quantitative estimate of drug-likeness (QED) is 0.124. The fourth-order valence-corrected chi connectivity index (χ4v) is 4.70. The second-order valence-corrected chi connectivity index (χ2v) is 9.61. The van der Waals surface area contributed by atoms with Gasteiger partial charge in [0.1, 0.15) is 5.76 Å². The molecule has 8 nitrogen and oxygen atoms in total. The van der Waals surface area contributed by atoms with Gasteiger partial charge in [-0.15, -0.1) is 0 Å². The van der Waals surface area contributed by atoms with E-state index >= 15 is 0 Å². The minimum Gasteiger partial charge on any atom is -0.507 e. The Kier molecular flexibility index (Phi) is 9.97. The number of non-ortho nitro benzene ring substituents is 1. The first-order valence-corrected chi connectivity index (χ1v) is 13.1. The van der Waals surface area contributed by atoms with E-state index in [1.807, 2.05) is 19.1 Å². The van der Waals surface area contributed by atoms with Gasteiger partial charge in [0, 0.05) is 24.2 Å². The molecule has 37 heavy (non-hydrogen) atoms. The van der Waals surface area contributed by atoms with Crippen LogP contribution in [0.15, 0.2) is 54.1 Å². The number of likely N-dealkylation sites (tertiary alicyclic amines) is 1. The van der Waals surface area contributed by atoms with Crippen LogP contribution in [0.4, 0.5) is 5.69 Å². The van der Waals surface area contributed by atoms with Crippen LogP contribution in [0.2, 0.25) is 0 Å². The third-order valence-electron chi connectivity index (χ3n) is 6.79. The third-order valence-corrected chi connectivity index (χ3v) is 6.79. The number of rotatable bonds is 13. The molecule has 2 aromatic rings. The van der Waals surface area contributed by atoms with Gasteiger partial charge in [-0.3, -0.25) is 19.7 Å². The van der Waals surface area contributed by atoms with Gasteiger partial charge in [0.05, 0.1) is 16.5 Å². The van der Waals surface area contributed by atoms with Crippen LogP contribution >= 0.6 is 0 Å². The van der Waals surface area contributed by atoms with Gasteiger partial charge in [0.25, 0.3) is 17.4 Å². The van der Waals surface area contributed by atoms with Crippen molar-refractivity contribution in [2.24, 2.45) is 0 Å². The topological polar surface area (TPSA) is 104 Å². The largest absolute Gasteiger partial charge is 0.507 e. The van der Waals surface area contributed by atoms with Crippen LogP contribution in [0.25, 0.3) is 5.76 Å². The Balaban J connectivity index is 1.96. The summed E-state index contributed by atoms with van der Waals surface area (Å²) < 4.78 is 0. The Morgan fingerprint density at radius 2 is 1.62 bits per heavy atom. The molecule has 0 bridgehead atoms. The number of hydrogen-bond donors (Lipinski definition) is 1. The number of ketones is 1. The Hall–Kier alpha value is -3.52. The van der Waals surface area contributed by atoms with E-state index in [0.717, 1.165) is 50.9 Å². The van der Waals surface area contributed by atoms with Crippen LogP contribution < -0.4 is 0 Å². The molecule has 1 heterocycles. The monoisotopic (exact) mass is 507 g/mol. The highest BCUT2D eigenvalue weighted by Gasteiger charge is 2.46.